The van der Waals surface area contributed by atoms with Crippen molar-refractivity contribution < 1.29 is 9.59 Å². The monoisotopic (exact) mass is 334 g/mol. The number of rotatable bonds is 4. The van der Waals surface area contributed by atoms with E-state index in [0.717, 1.165) is 39.0 Å². The molecule has 2 heterocycles. The van der Waals surface area contributed by atoms with E-state index in [1.54, 1.807) is 24.3 Å². The standard InChI is InChI=1S/C18H23ClN2O2/c19-16-3-1-13(2-4-16)17(22)5-6-18(23)21-9-7-14-11-20-12-15(14)8-10-21/h1-4,14-15,20H,5-12H2/t14-,15+. The van der Waals surface area contributed by atoms with Gasteiger partial charge in [-0.2, -0.15) is 0 Å². The third-order valence-corrected chi connectivity index (χ3v) is 5.36. The number of hydrogen-bond donors (Lipinski definition) is 1. The highest BCUT2D eigenvalue weighted by Crippen LogP contribution is 2.27. The number of amides is 1. The number of nitrogens with one attached hydrogen (secondary N) is 1. The Morgan fingerprint density at radius 1 is 1.04 bits per heavy atom. The van der Waals surface area contributed by atoms with Gasteiger partial charge in [0.25, 0.3) is 0 Å². The van der Waals surface area contributed by atoms with E-state index in [9.17, 15) is 9.59 Å². The van der Waals surface area contributed by atoms with E-state index in [1.165, 1.54) is 0 Å². The fourth-order valence-electron chi connectivity index (χ4n) is 3.63. The highest BCUT2D eigenvalue weighted by molar-refractivity contribution is 6.30. The number of nitrogens with zero attached hydrogens (tertiary/aromatic N) is 1. The van der Waals surface area contributed by atoms with Crippen LogP contribution < -0.4 is 5.32 Å². The predicted octanol–water partition coefficient (Wildman–Crippen LogP) is 2.76. The van der Waals surface area contributed by atoms with Crippen LogP contribution in [0.25, 0.3) is 0 Å². The topological polar surface area (TPSA) is 49.4 Å². The van der Waals surface area contributed by atoms with Crippen LogP contribution >= 0.6 is 11.6 Å². The van der Waals surface area contributed by atoms with Gasteiger partial charge >= 0.3 is 0 Å². The number of likely N-dealkylation sites (tertiary alicyclic amines) is 1. The first kappa shape index (κ1) is 16.5. The summed E-state index contributed by atoms with van der Waals surface area (Å²) in [5, 5.41) is 4.05. The summed E-state index contributed by atoms with van der Waals surface area (Å²) in [5.74, 6) is 1.54. The Hall–Kier alpha value is -1.39. The summed E-state index contributed by atoms with van der Waals surface area (Å²) < 4.78 is 0. The molecule has 2 aliphatic rings. The largest absolute Gasteiger partial charge is 0.343 e. The van der Waals surface area contributed by atoms with Crippen molar-refractivity contribution in [1.29, 1.82) is 0 Å². The second-order valence-electron chi connectivity index (χ2n) is 6.57. The van der Waals surface area contributed by atoms with Crippen molar-refractivity contribution in [2.75, 3.05) is 26.2 Å². The average molecular weight is 335 g/mol. The first-order valence-electron chi connectivity index (χ1n) is 8.41. The van der Waals surface area contributed by atoms with Crippen LogP contribution in [0.2, 0.25) is 5.02 Å². The molecule has 23 heavy (non-hydrogen) atoms. The van der Waals surface area contributed by atoms with Gasteiger partial charge < -0.3 is 10.2 Å². The SMILES string of the molecule is O=C(CCC(=O)N1CC[C@@H]2CNC[C@@H]2CC1)c1ccc(Cl)cc1. The lowest BCUT2D eigenvalue weighted by Gasteiger charge is -2.20. The van der Waals surface area contributed by atoms with Crippen LogP contribution in [0.4, 0.5) is 0 Å². The zero-order valence-corrected chi connectivity index (χ0v) is 14.0. The van der Waals surface area contributed by atoms with E-state index in [0.29, 0.717) is 28.8 Å². The van der Waals surface area contributed by atoms with E-state index >= 15 is 0 Å². The normalized spacial score (nSPS) is 24.1. The van der Waals surface area contributed by atoms with E-state index in [1.807, 2.05) is 4.90 Å². The second kappa shape index (κ2) is 7.45. The maximum Gasteiger partial charge on any atom is 0.223 e. The number of carbonyl (C=O) groups is 2. The van der Waals surface area contributed by atoms with Gasteiger partial charge in [-0.05, 0) is 62.0 Å². The molecule has 2 fully saturated rings. The Morgan fingerprint density at radius 2 is 1.65 bits per heavy atom. The molecule has 124 valence electrons. The van der Waals surface area contributed by atoms with Crippen LogP contribution in [0, 0.1) is 11.8 Å². The molecular formula is C18H23ClN2O2. The van der Waals surface area contributed by atoms with Gasteiger partial charge in [0.1, 0.15) is 0 Å². The molecule has 0 radical (unpaired) electrons. The Labute approximate surface area is 142 Å². The zero-order chi connectivity index (χ0) is 16.2. The van der Waals surface area contributed by atoms with Gasteiger partial charge in [-0.15, -0.1) is 0 Å². The molecule has 5 heteroatoms. The maximum absolute atomic E-state index is 12.4. The smallest absolute Gasteiger partial charge is 0.223 e. The molecule has 3 rings (SSSR count). The first-order chi connectivity index (χ1) is 11.1. The molecule has 2 aliphatic heterocycles. The summed E-state index contributed by atoms with van der Waals surface area (Å²) in [6.07, 6.45) is 2.73. The van der Waals surface area contributed by atoms with Crippen molar-refractivity contribution in [2.45, 2.75) is 25.7 Å². The van der Waals surface area contributed by atoms with Gasteiger partial charge in [-0.3, -0.25) is 9.59 Å². The Balaban J connectivity index is 1.49. The third kappa shape index (κ3) is 4.12. The lowest BCUT2D eigenvalue weighted by molar-refractivity contribution is -0.131. The number of fused-ring (bicyclic) bond motifs is 1. The Bertz CT molecular complexity index is 559. The van der Waals surface area contributed by atoms with Crippen molar-refractivity contribution in [3.63, 3.8) is 0 Å². The molecule has 1 aromatic rings. The van der Waals surface area contributed by atoms with Gasteiger partial charge in [0.15, 0.2) is 5.78 Å². The van der Waals surface area contributed by atoms with E-state index in [2.05, 4.69) is 5.32 Å². The van der Waals surface area contributed by atoms with Crippen molar-refractivity contribution in [1.82, 2.24) is 10.2 Å². The molecule has 1 aromatic carbocycles. The van der Waals surface area contributed by atoms with Crippen LogP contribution in [0.5, 0.6) is 0 Å². The lowest BCUT2D eigenvalue weighted by atomic mass is 9.92. The Kier molecular flexibility index (Phi) is 5.34. The van der Waals surface area contributed by atoms with Crippen molar-refractivity contribution in [3.8, 4) is 0 Å². The molecule has 0 bridgehead atoms. The van der Waals surface area contributed by atoms with Crippen LogP contribution in [0.1, 0.15) is 36.0 Å². The average Bonchev–Trinajstić information content (AvgIpc) is 2.91. The number of ketones is 1. The zero-order valence-electron chi connectivity index (χ0n) is 13.3. The number of halogens is 1. The fraction of sp³-hybridized carbons (Fsp3) is 0.556. The summed E-state index contributed by atoms with van der Waals surface area (Å²) in [4.78, 5) is 26.5. The van der Waals surface area contributed by atoms with Crippen LogP contribution in [-0.2, 0) is 4.79 Å². The molecular weight excluding hydrogens is 312 g/mol. The summed E-state index contributed by atoms with van der Waals surface area (Å²) in [7, 11) is 0. The summed E-state index contributed by atoms with van der Waals surface area (Å²) >= 11 is 5.82. The van der Waals surface area contributed by atoms with Gasteiger partial charge in [-0.1, -0.05) is 11.6 Å². The molecule has 0 aromatic heterocycles. The highest BCUT2D eigenvalue weighted by Gasteiger charge is 2.31. The highest BCUT2D eigenvalue weighted by atomic mass is 35.5. The molecule has 1 amide bonds. The molecule has 0 spiro atoms. The minimum atomic E-state index is 0.00547. The third-order valence-electron chi connectivity index (χ3n) is 5.10. The summed E-state index contributed by atoms with van der Waals surface area (Å²) in [6, 6.07) is 6.85. The number of carbonyl (C=O) groups excluding carboxylic acids is 2. The molecule has 0 unspecified atom stereocenters. The van der Waals surface area contributed by atoms with E-state index in [4.69, 9.17) is 11.6 Å². The molecule has 0 aliphatic carbocycles. The molecule has 2 atom stereocenters. The predicted molar refractivity (Wildman–Crippen MR) is 90.7 cm³/mol. The van der Waals surface area contributed by atoms with Gasteiger partial charge in [0, 0.05) is 36.5 Å². The molecule has 0 saturated carbocycles. The lowest BCUT2D eigenvalue weighted by Crippen LogP contribution is -2.32. The minimum Gasteiger partial charge on any atom is -0.343 e. The van der Waals surface area contributed by atoms with Gasteiger partial charge in [0.2, 0.25) is 5.91 Å². The molecule has 1 N–H and O–H groups in total. The van der Waals surface area contributed by atoms with E-state index < -0.39 is 0 Å². The van der Waals surface area contributed by atoms with Crippen LogP contribution in [-0.4, -0.2) is 42.8 Å². The minimum absolute atomic E-state index is 0.00547. The van der Waals surface area contributed by atoms with Crippen LogP contribution in [0.15, 0.2) is 24.3 Å². The van der Waals surface area contributed by atoms with Crippen molar-refractivity contribution in [2.24, 2.45) is 11.8 Å². The first-order valence-corrected chi connectivity index (χ1v) is 8.78. The second-order valence-corrected chi connectivity index (χ2v) is 7.00. The summed E-state index contributed by atoms with van der Waals surface area (Å²) in [6.45, 7) is 3.83. The fourth-order valence-corrected chi connectivity index (χ4v) is 3.75. The number of benzene rings is 1. The number of hydrogen-bond acceptors (Lipinski definition) is 3. The van der Waals surface area contributed by atoms with Crippen LogP contribution in [0.3, 0.4) is 0 Å². The van der Waals surface area contributed by atoms with Gasteiger partial charge in [-0.25, -0.2) is 0 Å². The van der Waals surface area contributed by atoms with Crippen molar-refractivity contribution in [3.05, 3.63) is 34.9 Å². The summed E-state index contributed by atoms with van der Waals surface area (Å²) in [5.41, 5.74) is 0.624. The maximum atomic E-state index is 12.4. The quantitative estimate of drug-likeness (QED) is 0.861. The molecule has 2 saturated heterocycles. The van der Waals surface area contributed by atoms with Crippen molar-refractivity contribution >= 4 is 23.3 Å². The number of Topliss-reactive ketones (excluding diaryl/α,β-unsaturated/α-hetero) is 1. The molecule has 4 nitrogen and oxygen atoms in total. The van der Waals surface area contributed by atoms with E-state index in [-0.39, 0.29) is 18.1 Å². The Morgan fingerprint density at radius 3 is 2.26 bits per heavy atom. The van der Waals surface area contributed by atoms with Gasteiger partial charge in [0.05, 0.1) is 0 Å².